The van der Waals surface area contributed by atoms with Crippen LogP contribution < -0.4 is 5.32 Å². The summed E-state index contributed by atoms with van der Waals surface area (Å²) in [6.45, 7) is 2.16. The second-order valence-electron chi connectivity index (χ2n) is 5.14. The number of carbonyl (C=O) groups excluding carboxylic acids is 1. The number of amides is 1. The lowest BCUT2D eigenvalue weighted by Crippen LogP contribution is -2.13. The second-order valence-corrected chi connectivity index (χ2v) is 5.14. The number of nitrogens with zero attached hydrogens (tertiary/aromatic N) is 3. The Morgan fingerprint density at radius 3 is 2.87 bits per heavy atom. The van der Waals surface area contributed by atoms with Crippen LogP contribution in [0.25, 0.3) is 0 Å². The van der Waals surface area contributed by atoms with Crippen LogP contribution in [0.5, 0.6) is 0 Å². The largest absolute Gasteiger partial charge is 0.305 e. The topological polar surface area (TPSA) is 59.8 Å². The molecule has 6 heteroatoms. The molecule has 1 N–H and O–H groups in total. The van der Waals surface area contributed by atoms with Gasteiger partial charge in [-0.15, -0.1) is 0 Å². The number of hydrogen-bond acceptors (Lipinski definition) is 3. The van der Waals surface area contributed by atoms with Gasteiger partial charge in [-0.2, -0.15) is 5.10 Å². The van der Waals surface area contributed by atoms with Gasteiger partial charge in [-0.3, -0.25) is 14.5 Å². The van der Waals surface area contributed by atoms with Crippen LogP contribution in [0.1, 0.15) is 21.6 Å². The summed E-state index contributed by atoms with van der Waals surface area (Å²) in [5.41, 5.74) is 1.63. The number of pyridine rings is 1. The number of carbonyl (C=O) groups is 1. The molecule has 0 aliphatic rings. The van der Waals surface area contributed by atoms with Gasteiger partial charge in [-0.05, 0) is 36.8 Å². The summed E-state index contributed by atoms with van der Waals surface area (Å²) < 4.78 is 15.2. The van der Waals surface area contributed by atoms with Gasteiger partial charge < -0.3 is 5.32 Å². The van der Waals surface area contributed by atoms with Gasteiger partial charge in [0.1, 0.15) is 5.82 Å². The molecule has 0 aliphatic carbocycles. The Kier molecular flexibility index (Phi) is 4.14. The molecule has 23 heavy (non-hydrogen) atoms. The molecule has 3 rings (SSSR count). The number of anilines is 1. The Labute approximate surface area is 132 Å². The normalized spacial score (nSPS) is 10.5. The van der Waals surface area contributed by atoms with Crippen molar-refractivity contribution in [1.82, 2.24) is 14.8 Å². The first kappa shape index (κ1) is 14.9. The third-order valence-electron chi connectivity index (χ3n) is 3.37. The van der Waals surface area contributed by atoms with Crippen LogP contribution in [0.4, 0.5) is 10.2 Å². The average Bonchev–Trinajstić information content (AvgIpc) is 2.98. The van der Waals surface area contributed by atoms with Crippen molar-refractivity contribution in [3.63, 3.8) is 0 Å². The van der Waals surface area contributed by atoms with E-state index in [0.717, 1.165) is 5.69 Å². The predicted molar refractivity (Wildman–Crippen MR) is 84.7 cm³/mol. The number of aryl methyl sites for hydroxylation is 1. The maximum Gasteiger partial charge on any atom is 0.256 e. The lowest BCUT2D eigenvalue weighted by Gasteiger charge is -2.04. The van der Waals surface area contributed by atoms with Crippen molar-refractivity contribution in [3.05, 3.63) is 77.5 Å². The third kappa shape index (κ3) is 3.60. The zero-order valence-corrected chi connectivity index (χ0v) is 12.5. The summed E-state index contributed by atoms with van der Waals surface area (Å²) in [5, 5.41) is 6.92. The Morgan fingerprint density at radius 1 is 1.26 bits per heavy atom. The average molecular weight is 310 g/mol. The quantitative estimate of drug-likeness (QED) is 0.806. The maximum atomic E-state index is 13.5. The fourth-order valence-electron chi connectivity index (χ4n) is 2.10. The van der Waals surface area contributed by atoms with Crippen molar-refractivity contribution in [2.45, 2.75) is 13.5 Å². The van der Waals surface area contributed by atoms with Gasteiger partial charge in [0, 0.05) is 24.0 Å². The molecule has 5 nitrogen and oxygen atoms in total. The molecule has 0 saturated heterocycles. The van der Waals surface area contributed by atoms with Gasteiger partial charge in [0.05, 0.1) is 12.2 Å². The van der Waals surface area contributed by atoms with Crippen LogP contribution in [-0.2, 0) is 6.54 Å². The Hall–Kier alpha value is -3.02. The van der Waals surface area contributed by atoms with E-state index >= 15 is 0 Å². The van der Waals surface area contributed by atoms with E-state index < -0.39 is 11.7 Å². The number of halogens is 1. The predicted octanol–water partition coefficient (Wildman–Crippen LogP) is 3.03. The smallest absolute Gasteiger partial charge is 0.256 e. The number of hydrogen-bond donors (Lipinski definition) is 1. The molecular formula is C17H15FN4O. The monoisotopic (exact) mass is 310 g/mol. The van der Waals surface area contributed by atoms with Gasteiger partial charge in [0.25, 0.3) is 5.91 Å². The van der Waals surface area contributed by atoms with Crippen LogP contribution >= 0.6 is 0 Å². The first-order valence-electron chi connectivity index (χ1n) is 7.13. The lowest BCUT2D eigenvalue weighted by molar-refractivity contribution is 0.102. The number of rotatable bonds is 4. The minimum atomic E-state index is -0.404. The van der Waals surface area contributed by atoms with E-state index in [1.54, 1.807) is 42.2 Å². The molecule has 0 aliphatic heterocycles. The van der Waals surface area contributed by atoms with Crippen molar-refractivity contribution in [2.24, 2.45) is 0 Å². The van der Waals surface area contributed by atoms with Crippen LogP contribution in [0, 0.1) is 12.7 Å². The standard InChI is InChI=1S/C17H15FN4O/c1-12-5-6-13(10-15(12)18)17(23)20-16-7-9-22(21-16)11-14-4-2-3-8-19-14/h2-10H,11H2,1H3,(H,20,21,23). The summed E-state index contributed by atoms with van der Waals surface area (Å²) >= 11 is 0. The van der Waals surface area contributed by atoms with E-state index in [1.807, 2.05) is 18.2 Å². The van der Waals surface area contributed by atoms with E-state index in [0.29, 0.717) is 17.9 Å². The van der Waals surface area contributed by atoms with Crippen molar-refractivity contribution < 1.29 is 9.18 Å². The highest BCUT2D eigenvalue weighted by atomic mass is 19.1. The number of aromatic nitrogens is 3. The molecule has 2 aromatic heterocycles. The van der Waals surface area contributed by atoms with E-state index in [1.165, 1.54) is 6.07 Å². The van der Waals surface area contributed by atoms with E-state index in [2.05, 4.69) is 15.4 Å². The summed E-state index contributed by atoms with van der Waals surface area (Å²) in [4.78, 5) is 16.3. The maximum absolute atomic E-state index is 13.5. The fourth-order valence-corrected chi connectivity index (χ4v) is 2.10. The van der Waals surface area contributed by atoms with Crippen LogP contribution in [0.2, 0.25) is 0 Å². The van der Waals surface area contributed by atoms with Crippen molar-refractivity contribution in [3.8, 4) is 0 Å². The Morgan fingerprint density at radius 2 is 2.13 bits per heavy atom. The zero-order chi connectivity index (χ0) is 16.2. The highest BCUT2D eigenvalue weighted by Crippen LogP contribution is 2.12. The molecule has 0 saturated carbocycles. The molecule has 1 amide bonds. The van der Waals surface area contributed by atoms with Crippen LogP contribution in [-0.4, -0.2) is 20.7 Å². The molecule has 0 radical (unpaired) electrons. The SMILES string of the molecule is Cc1ccc(C(=O)Nc2ccn(Cc3ccccn3)n2)cc1F. The summed E-state index contributed by atoms with van der Waals surface area (Å²) in [6, 6.07) is 11.7. The molecule has 1 aromatic carbocycles. The minimum Gasteiger partial charge on any atom is -0.305 e. The molecular weight excluding hydrogens is 295 g/mol. The molecule has 116 valence electrons. The molecule has 2 heterocycles. The lowest BCUT2D eigenvalue weighted by atomic mass is 10.1. The summed E-state index contributed by atoms with van der Waals surface area (Å²) in [7, 11) is 0. The molecule has 0 atom stereocenters. The number of nitrogens with one attached hydrogen (secondary N) is 1. The van der Waals surface area contributed by atoms with Crippen molar-refractivity contribution in [1.29, 1.82) is 0 Å². The summed E-state index contributed by atoms with van der Waals surface area (Å²) in [5.74, 6) is -0.391. The van der Waals surface area contributed by atoms with Gasteiger partial charge in [0.2, 0.25) is 0 Å². The molecule has 0 unspecified atom stereocenters. The first-order valence-corrected chi connectivity index (χ1v) is 7.13. The molecule has 0 spiro atoms. The minimum absolute atomic E-state index is 0.257. The van der Waals surface area contributed by atoms with E-state index in [9.17, 15) is 9.18 Å². The van der Waals surface area contributed by atoms with Crippen LogP contribution in [0.3, 0.4) is 0 Å². The zero-order valence-electron chi connectivity index (χ0n) is 12.5. The number of benzene rings is 1. The van der Waals surface area contributed by atoms with Crippen molar-refractivity contribution >= 4 is 11.7 Å². The molecule has 0 fully saturated rings. The Bertz CT molecular complexity index is 830. The fraction of sp³-hybridized carbons (Fsp3) is 0.118. The van der Waals surface area contributed by atoms with Gasteiger partial charge >= 0.3 is 0 Å². The Balaban J connectivity index is 1.68. The molecule has 0 bridgehead atoms. The highest BCUT2D eigenvalue weighted by molar-refractivity contribution is 6.03. The first-order chi connectivity index (χ1) is 11.1. The van der Waals surface area contributed by atoms with Crippen molar-refractivity contribution in [2.75, 3.05) is 5.32 Å². The van der Waals surface area contributed by atoms with Gasteiger partial charge in [-0.1, -0.05) is 12.1 Å². The van der Waals surface area contributed by atoms with Crippen LogP contribution in [0.15, 0.2) is 54.9 Å². The molecule has 3 aromatic rings. The third-order valence-corrected chi connectivity index (χ3v) is 3.37. The van der Waals surface area contributed by atoms with E-state index in [-0.39, 0.29) is 5.56 Å². The van der Waals surface area contributed by atoms with Gasteiger partial charge in [0.15, 0.2) is 5.82 Å². The van der Waals surface area contributed by atoms with Gasteiger partial charge in [-0.25, -0.2) is 4.39 Å². The second kappa shape index (κ2) is 6.39. The summed E-state index contributed by atoms with van der Waals surface area (Å²) in [6.07, 6.45) is 3.47. The highest BCUT2D eigenvalue weighted by Gasteiger charge is 2.10. The van der Waals surface area contributed by atoms with E-state index in [4.69, 9.17) is 0 Å².